The van der Waals surface area contributed by atoms with Gasteiger partial charge in [0.15, 0.2) is 0 Å². The maximum absolute atomic E-state index is 13.2. The molecule has 0 N–H and O–H groups in total. The first kappa shape index (κ1) is 19.9. The summed E-state index contributed by atoms with van der Waals surface area (Å²) in [6, 6.07) is 14.9. The Morgan fingerprint density at radius 1 is 1.07 bits per heavy atom. The van der Waals surface area contributed by atoms with Crippen LogP contribution in [0.3, 0.4) is 0 Å². The van der Waals surface area contributed by atoms with Crippen molar-refractivity contribution in [3.8, 4) is 0 Å². The van der Waals surface area contributed by atoms with Crippen molar-refractivity contribution in [1.82, 2.24) is 9.80 Å². The molecule has 2 aliphatic rings. The Labute approximate surface area is 171 Å². The summed E-state index contributed by atoms with van der Waals surface area (Å²) in [6.07, 6.45) is -0.188. The lowest BCUT2D eigenvalue weighted by Crippen LogP contribution is -2.51. The van der Waals surface area contributed by atoms with Crippen molar-refractivity contribution in [2.45, 2.75) is 13.0 Å². The molecule has 1 atom stereocenters. The van der Waals surface area contributed by atoms with Gasteiger partial charge in [0.05, 0.1) is 19.7 Å². The van der Waals surface area contributed by atoms with E-state index >= 15 is 0 Å². The molecule has 5 nitrogen and oxygen atoms in total. The molecule has 0 spiro atoms. The van der Waals surface area contributed by atoms with Crippen LogP contribution in [0.15, 0.2) is 48.5 Å². The molecule has 6 heteroatoms. The summed E-state index contributed by atoms with van der Waals surface area (Å²) in [5.41, 5.74) is 3.44. The van der Waals surface area contributed by atoms with Crippen molar-refractivity contribution < 1.29 is 13.9 Å². The highest BCUT2D eigenvalue weighted by molar-refractivity contribution is 5.78. The van der Waals surface area contributed by atoms with Gasteiger partial charge >= 0.3 is 0 Å². The second kappa shape index (κ2) is 8.93. The minimum Gasteiger partial charge on any atom is -0.370 e. The van der Waals surface area contributed by atoms with E-state index in [1.54, 1.807) is 12.1 Å². The van der Waals surface area contributed by atoms with Crippen LogP contribution in [0.5, 0.6) is 0 Å². The molecule has 0 radical (unpaired) electrons. The lowest BCUT2D eigenvalue weighted by atomic mass is 10.1. The Kier molecular flexibility index (Phi) is 6.11. The van der Waals surface area contributed by atoms with Crippen molar-refractivity contribution in [3.05, 3.63) is 65.5 Å². The monoisotopic (exact) mass is 397 g/mol. The average molecular weight is 397 g/mol. The fraction of sp³-hybridized carbons (Fsp3) is 0.435. The predicted octanol–water partition coefficient (Wildman–Crippen LogP) is 2.86. The smallest absolute Gasteiger partial charge is 0.236 e. The van der Waals surface area contributed by atoms with Crippen LogP contribution < -0.4 is 4.90 Å². The van der Waals surface area contributed by atoms with Gasteiger partial charge in [-0.3, -0.25) is 9.69 Å². The van der Waals surface area contributed by atoms with E-state index in [0.29, 0.717) is 26.2 Å². The molecule has 2 heterocycles. The molecule has 2 fully saturated rings. The van der Waals surface area contributed by atoms with Crippen LogP contribution in [-0.4, -0.2) is 68.1 Å². The van der Waals surface area contributed by atoms with Crippen LogP contribution in [-0.2, 0) is 9.53 Å². The number of anilines is 1. The van der Waals surface area contributed by atoms with E-state index in [-0.39, 0.29) is 17.8 Å². The second-order valence-corrected chi connectivity index (χ2v) is 7.85. The van der Waals surface area contributed by atoms with Gasteiger partial charge in [-0.1, -0.05) is 24.3 Å². The van der Waals surface area contributed by atoms with E-state index in [2.05, 4.69) is 41.0 Å². The van der Waals surface area contributed by atoms with E-state index in [9.17, 15) is 9.18 Å². The second-order valence-electron chi connectivity index (χ2n) is 7.85. The summed E-state index contributed by atoms with van der Waals surface area (Å²) in [6.45, 7) is 7.81. The summed E-state index contributed by atoms with van der Waals surface area (Å²) in [7, 11) is 0. The fourth-order valence-electron chi connectivity index (χ4n) is 4.04. The van der Waals surface area contributed by atoms with Crippen molar-refractivity contribution in [1.29, 1.82) is 0 Å². The number of aryl methyl sites for hydroxylation is 1. The minimum atomic E-state index is -0.262. The molecule has 2 aromatic rings. The third kappa shape index (κ3) is 4.95. The average Bonchev–Trinajstić information content (AvgIpc) is 2.75. The van der Waals surface area contributed by atoms with Gasteiger partial charge < -0.3 is 14.5 Å². The molecule has 2 aliphatic heterocycles. The Hall–Kier alpha value is -2.44. The quantitative estimate of drug-likeness (QED) is 0.795. The Morgan fingerprint density at radius 2 is 1.83 bits per heavy atom. The number of amides is 1. The first-order chi connectivity index (χ1) is 14.1. The summed E-state index contributed by atoms with van der Waals surface area (Å²) >= 11 is 0. The summed E-state index contributed by atoms with van der Waals surface area (Å²) in [5, 5.41) is 0. The lowest BCUT2D eigenvalue weighted by molar-refractivity contribution is -0.140. The van der Waals surface area contributed by atoms with Crippen molar-refractivity contribution in [2.24, 2.45) is 0 Å². The van der Waals surface area contributed by atoms with Crippen LogP contribution >= 0.6 is 0 Å². The molecule has 4 rings (SSSR count). The molecular weight excluding hydrogens is 369 g/mol. The largest absolute Gasteiger partial charge is 0.370 e. The number of benzene rings is 2. The maximum atomic E-state index is 13.2. The van der Waals surface area contributed by atoms with Gasteiger partial charge in [-0.05, 0) is 42.3 Å². The highest BCUT2D eigenvalue weighted by atomic mass is 19.1. The summed E-state index contributed by atoms with van der Waals surface area (Å²) < 4.78 is 19.0. The van der Waals surface area contributed by atoms with Crippen LogP contribution in [0.2, 0.25) is 0 Å². The predicted molar refractivity (Wildman–Crippen MR) is 112 cm³/mol. The molecule has 2 aromatic carbocycles. The van der Waals surface area contributed by atoms with Crippen LogP contribution in [0, 0.1) is 12.7 Å². The zero-order chi connectivity index (χ0) is 20.2. The van der Waals surface area contributed by atoms with Crippen LogP contribution in [0.1, 0.15) is 17.2 Å². The molecule has 1 unspecified atom stereocenters. The molecular formula is C23H28FN3O2. The highest BCUT2D eigenvalue weighted by Gasteiger charge is 2.27. The van der Waals surface area contributed by atoms with Crippen molar-refractivity contribution in [2.75, 3.05) is 57.3 Å². The Morgan fingerprint density at radius 3 is 2.55 bits per heavy atom. The SMILES string of the molecule is Cc1cccc(N2CCN(CC(=O)N3CCOC(c4ccc(F)cc4)C3)CC2)c1. The molecule has 0 saturated carbocycles. The third-order valence-corrected chi connectivity index (χ3v) is 5.76. The molecule has 0 aromatic heterocycles. The zero-order valence-corrected chi connectivity index (χ0v) is 16.9. The van der Waals surface area contributed by atoms with E-state index in [1.165, 1.54) is 23.4 Å². The van der Waals surface area contributed by atoms with Crippen LogP contribution in [0.25, 0.3) is 0 Å². The number of morpholine rings is 1. The molecule has 154 valence electrons. The van der Waals surface area contributed by atoms with E-state index < -0.39 is 0 Å². The summed E-state index contributed by atoms with van der Waals surface area (Å²) in [5.74, 6) is -0.119. The van der Waals surface area contributed by atoms with E-state index in [4.69, 9.17) is 4.74 Å². The van der Waals surface area contributed by atoms with Gasteiger partial charge in [0.2, 0.25) is 5.91 Å². The zero-order valence-electron chi connectivity index (χ0n) is 16.9. The number of carbonyl (C=O) groups is 1. The third-order valence-electron chi connectivity index (χ3n) is 5.76. The molecule has 0 aliphatic carbocycles. The molecule has 29 heavy (non-hydrogen) atoms. The highest BCUT2D eigenvalue weighted by Crippen LogP contribution is 2.23. The van der Waals surface area contributed by atoms with Gasteiger partial charge in [0.1, 0.15) is 11.9 Å². The van der Waals surface area contributed by atoms with Crippen molar-refractivity contribution in [3.63, 3.8) is 0 Å². The first-order valence-electron chi connectivity index (χ1n) is 10.3. The van der Waals surface area contributed by atoms with Gasteiger partial charge in [-0.25, -0.2) is 4.39 Å². The van der Waals surface area contributed by atoms with Crippen molar-refractivity contribution >= 4 is 11.6 Å². The normalized spacial score (nSPS) is 20.7. The number of nitrogens with zero attached hydrogens (tertiary/aromatic N) is 3. The van der Waals surface area contributed by atoms with Gasteiger partial charge in [0.25, 0.3) is 0 Å². The lowest BCUT2D eigenvalue weighted by Gasteiger charge is -2.38. The van der Waals surface area contributed by atoms with Gasteiger partial charge in [-0.15, -0.1) is 0 Å². The van der Waals surface area contributed by atoms with E-state index in [1.807, 2.05) is 4.90 Å². The van der Waals surface area contributed by atoms with Gasteiger partial charge in [-0.2, -0.15) is 0 Å². The van der Waals surface area contributed by atoms with Crippen LogP contribution in [0.4, 0.5) is 10.1 Å². The number of rotatable bonds is 4. The number of halogens is 1. The molecule has 0 bridgehead atoms. The van der Waals surface area contributed by atoms with E-state index in [0.717, 1.165) is 31.7 Å². The first-order valence-corrected chi connectivity index (χ1v) is 10.3. The Bertz CT molecular complexity index is 834. The minimum absolute atomic E-state index is 0.143. The number of hydrogen-bond donors (Lipinski definition) is 0. The Balaban J connectivity index is 1.29. The topological polar surface area (TPSA) is 36.0 Å². The molecule has 2 saturated heterocycles. The number of piperazine rings is 1. The standard InChI is InChI=1S/C23H28FN3O2/c1-18-3-2-4-21(15-18)26-11-9-25(10-12-26)17-23(28)27-13-14-29-22(16-27)19-5-7-20(24)8-6-19/h2-8,15,22H,9-14,16-17H2,1H3. The maximum Gasteiger partial charge on any atom is 0.236 e. The van der Waals surface area contributed by atoms with Gasteiger partial charge in [0, 0.05) is 38.4 Å². The number of carbonyl (C=O) groups excluding carboxylic acids is 1. The summed E-state index contributed by atoms with van der Waals surface area (Å²) in [4.78, 5) is 19.3. The fourth-order valence-corrected chi connectivity index (χ4v) is 4.04. The number of ether oxygens (including phenoxy) is 1. The number of hydrogen-bond acceptors (Lipinski definition) is 4. The molecule has 1 amide bonds.